The van der Waals surface area contributed by atoms with E-state index < -0.39 is 9.84 Å². The van der Waals surface area contributed by atoms with Crippen LogP contribution in [0.2, 0.25) is 0 Å². The summed E-state index contributed by atoms with van der Waals surface area (Å²) in [5.41, 5.74) is 0.148. The minimum atomic E-state index is -3.25. The van der Waals surface area contributed by atoms with Gasteiger partial charge in [0.2, 0.25) is 0 Å². The summed E-state index contributed by atoms with van der Waals surface area (Å²) < 4.78 is 29.1. The number of aromatic nitrogens is 1. The Hall–Kier alpha value is -2.61. The summed E-state index contributed by atoms with van der Waals surface area (Å²) in [7, 11) is -3.25. The van der Waals surface area contributed by atoms with Crippen LogP contribution in [0.4, 0.5) is 0 Å². The van der Waals surface area contributed by atoms with E-state index in [0.29, 0.717) is 5.69 Å². The normalized spacial score (nSPS) is 18.7. The second kappa shape index (κ2) is 10.6. The number of pyridine rings is 1. The number of aromatic hydroxyl groups is 1. The second-order valence-corrected chi connectivity index (χ2v) is 10.3. The molecule has 0 bridgehead atoms. The first-order valence-electron chi connectivity index (χ1n) is 10.4. The number of benzene rings is 1. The highest BCUT2D eigenvalue weighted by Crippen LogP contribution is 2.29. The maximum atomic E-state index is 11.6. The summed E-state index contributed by atoms with van der Waals surface area (Å²) >= 11 is 0. The van der Waals surface area contributed by atoms with E-state index >= 15 is 0 Å². The van der Waals surface area contributed by atoms with Crippen molar-refractivity contribution in [1.82, 2.24) is 4.57 Å². The van der Waals surface area contributed by atoms with Gasteiger partial charge in [0.05, 0.1) is 16.9 Å². The predicted octanol–water partition coefficient (Wildman–Crippen LogP) is 3.71. The molecule has 1 aliphatic rings. The van der Waals surface area contributed by atoms with Gasteiger partial charge < -0.3 is 9.84 Å². The van der Waals surface area contributed by atoms with Gasteiger partial charge in [-0.2, -0.15) is 0 Å². The van der Waals surface area contributed by atoms with Crippen molar-refractivity contribution in [2.75, 3.05) is 6.26 Å². The lowest BCUT2D eigenvalue weighted by Gasteiger charge is -2.25. The molecule has 1 aliphatic carbocycles. The van der Waals surface area contributed by atoms with Crippen LogP contribution in [0, 0.1) is 11.8 Å². The topological polar surface area (TPSA) is 103 Å². The Morgan fingerprint density at radius 3 is 2.16 bits per heavy atom. The largest absolute Gasteiger partial charge is 0.508 e. The van der Waals surface area contributed by atoms with Crippen LogP contribution in [0.5, 0.6) is 5.75 Å². The van der Waals surface area contributed by atoms with Crippen LogP contribution in [0.1, 0.15) is 46.5 Å². The van der Waals surface area contributed by atoms with Gasteiger partial charge in [-0.05, 0) is 75.8 Å². The zero-order valence-corrected chi connectivity index (χ0v) is 19.3. The highest BCUT2D eigenvalue weighted by molar-refractivity contribution is 7.90. The lowest BCUT2D eigenvalue weighted by Crippen LogP contribution is -2.25. The van der Waals surface area contributed by atoms with Crippen molar-refractivity contribution in [3.8, 4) is 11.4 Å². The van der Waals surface area contributed by atoms with Gasteiger partial charge in [-0.3, -0.25) is 14.2 Å². The number of hydrogen-bond donors (Lipinski definition) is 1. The van der Waals surface area contributed by atoms with Gasteiger partial charge in [0.1, 0.15) is 5.75 Å². The summed E-state index contributed by atoms with van der Waals surface area (Å²) in [5, 5.41) is 9.14. The summed E-state index contributed by atoms with van der Waals surface area (Å²) in [6.45, 7) is 6.07. The van der Waals surface area contributed by atoms with E-state index in [1.807, 2.05) is 13.8 Å². The highest BCUT2D eigenvalue weighted by Gasteiger charge is 2.25. The molecule has 170 valence electrons. The van der Waals surface area contributed by atoms with Gasteiger partial charge in [-0.1, -0.05) is 6.92 Å². The number of rotatable bonds is 4. The van der Waals surface area contributed by atoms with Crippen LogP contribution < -0.4 is 5.56 Å². The van der Waals surface area contributed by atoms with Gasteiger partial charge in [0, 0.05) is 24.2 Å². The number of carbonyl (C=O) groups excluding carboxylic acids is 1. The molecule has 31 heavy (non-hydrogen) atoms. The molecule has 7 nitrogen and oxygen atoms in total. The summed E-state index contributed by atoms with van der Waals surface area (Å²) in [4.78, 5) is 23.3. The van der Waals surface area contributed by atoms with Gasteiger partial charge in [0.15, 0.2) is 9.84 Å². The lowest BCUT2D eigenvalue weighted by atomic mass is 9.83. The Kier molecular flexibility index (Phi) is 8.44. The quantitative estimate of drug-likeness (QED) is 0.714. The fourth-order valence-corrected chi connectivity index (χ4v) is 3.99. The Balaban J connectivity index is 0.000000233. The van der Waals surface area contributed by atoms with Crippen molar-refractivity contribution in [3.05, 3.63) is 52.9 Å². The van der Waals surface area contributed by atoms with Crippen molar-refractivity contribution in [3.63, 3.8) is 0 Å². The molecule has 1 fully saturated rings. The lowest BCUT2D eigenvalue weighted by molar-refractivity contribution is -0.153. The monoisotopic (exact) mass is 449 g/mol. The summed E-state index contributed by atoms with van der Waals surface area (Å²) in [5.74, 6) is 0.882. The van der Waals surface area contributed by atoms with Crippen molar-refractivity contribution in [2.45, 2.75) is 57.5 Å². The fourth-order valence-electron chi connectivity index (χ4n) is 3.36. The van der Waals surface area contributed by atoms with E-state index in [9.17, 15) is 18.0 Å². The number of ether oxygens (including phenoxy) is 1. The average Bonchev–Trinajstić information content (AvgIpc) is 2.68. The Labute approximate surface area is 183 Å². The molecular formula is C23H31NO6S. The van der Waals surface area contributed by atoms with Crippen molar-refractivity contribution >= 4 is 15.8 Å². The van der Waals surface area contributed by atoms with E-state index in [0.717, 1.165) is 31.1 Å². The molecule has 0 aliphatic heterocycles. The highest BCUT2D eigenvalue weighted by atomic mass is 32.2. The third kappa shape index (κ3) is 7.54. The fraction of sp³-hybridized carbons (Fsp3) is 0.478. The SMILES string of the molecule is CC1CCC(C(=O)OC(C)C)CC1.CS(=O)(=O)c1ccc(-n2ccc(O)cc2=O)cc1. The van der Waals surface area contributed by atoms with Crippen LogP contribution in [0.15, 0.2) is 52.3 Å². The molecule has 8 heteroatoms. The van der Waals surface area contributed by atoms with Crippen LogP contribution in [-0.4, -0.2) is 36.4 Å². The molecule has 3 rings (SSSR count). The average molecular weight is 450 g/mol. The molecule has 1 aromatic heterocycles. The van der Waals surface area contributed by atoms with E-state index in [1.54, 1.807) is 0 Å². The van der Waals surface area contributed by atoms with Crippen molar-refractivity contribution in [1.29, 1.82) is 0 Å². The van der Waals surface area contributed by atoms with Crippen LogP contribution in [-0.2, 0) is 19.4 Å². The van der Waals surface area contributed by atoms with E-state index in [2.05, 4.69) is 6.92 Å². The molecule has 0 saturated heterocycles. The zero-order valence-electron chi connectivity index (χ0n) is 18.4. The number of esters is 1. The minimum Gasteiger partial charge on any atom is -0.508 e. The maximum absolute atomic E-state index is 11.6. The second-order valence-electron chi connectivity index (χ2n) is 8.30. The Morgan fingerprint density at radius 1 is 1.10 bits per heavy atom. The molecular weight excluding hydrogens is 418 g/mol. The van der Waals surface area contributed by atoms with Crippen LogP contribution >= 0.6 is 0 Å². The number of nitrogens with zero attached hydrogens (tertiary/aromatic N) is 1. The summed E-state index contributed by atoms with van der Waals surface area (Å²) in [6.07, 6.45) is 6.98. The van der Waals surface area contributed by atoms with Crippen LogP contribution in [0.25, 0.3) is 5.69 Å². The van der Waals surface area contributed by atoms with E-state index in [1.165, 1.54) is 53.9 Å². The molecule has 1 saturated carbocycles. The number of carbonyl (C=O) groups is 1. The van der Waals surface area contributed by atoms with Crippen LogP contribution in [0.3, 0.4) is 0 Å². The first-order valence-corrected chi connectivity index (χ1v) is 12.3. The smallest absolute Gasteiger partial charge is 0.309 e. The predicted molar refractivity (Wildman–Crippen MR) is 119 cm³/mol. The minimum absolute atomic E-state index is 0.0156. The van der Waals surface area contributed by atoms with E-state index in [4.69, 9.17) is 9.84 Å². The Morgan fingerprint density at radius 2 is 1.68 bits per heavy atom. The number of sulfone groups is 1. The van der Waals surface area contributed by atoms with E-state index in [-0.39, 0.29) is 34.2 Å². The molecule has 1 heterocycles. The first kappa shape index (κ1) is 24.7. The molecule has 0 atom stereocenters. The van der Waals surface area contributed by atoms with Gasteiger partial charge >= 0.3 is 5.97 Å². The molecule has 0 unspecified atom stereocenters. The summed E-state index contributed by atoms with van der Waals surface area (Å²) in [6, 6.07) is 8.41. The van der Waals surface area contributed by atoms with Gasteiger partial charge in [0.25, 0.3) is 5.56 Å². The third-order valence-electron chi connectivity index (χ3n) is 5.15. The standard InChI is InChI=1S/C12H11NO4S.C11H20O2/c1-18(16,17)11-4-2-9(3-5-11)13-7-6-10(14)8-12(13)15;1-8(2)13-11(12)10-6-4-9(3)5-7-10/h2-8,14H,1H3;8-10H,4-7H2,1-3H3. The van der Waals surface area contributed by atoms with Crippen molar-refractivity contribution in [2.24, 2.45) is 11.8 Å². The molecule has 0 radical (unpaired) electrons. The molecule has 1 aromatic carbocycles. The number of hydrogen-bond acceptors (Lipinski definition) is 6. The maximum Gasteiger partial charge on any atom is 0.309 e. The van der Waals surface area contributed by atoms with Gasteiger partial charge in [-0.15, -0.1) is 0 Å². The molecule has 1 N–H and O–H groups in total. The third-order valence-corrected chi connectivity index (χ3v) is 6.28. The first-order chi connectivity index (χ1) is 14.5. The molecule has 0 amide bonds. The molecule has 2 aromatic rings. The van der Waals surface area contributed by atoms with Gasteiger partial charge in [-0.25, -0.2) is 8.42 Å². The van der Waals surface area contributed by atoms with Crippen molar-refractivity contribution < 1.29 is 23.1 Å². The molecule has 0 spiro atoms. The zero-order chi connectivity index (χ0) is 23.2. The Bertz CT molecular complexity index is 1030.